The van der Waals surface area contributed by atoms with Crippen LogP contribution < -0.4 is 4.74 Å². The molecule has 2 saturated heterocycles. The highest BCUT2D eigenvalue weighted by molar-refractivity contribution is 5.85. The molecule has 11 heteroatoms. The van der Waals surface area contributed by atoms with E-state index < -0.39 is 6.36 Å². The maximum Gasteiger partial charge on any atom is 0.573 e. The van der Waals surface area contributed by atoms with E-state index in [0.717, 1.165) is 18.5 Å². The molecular weight excluding hydrogens is 506 g/mol. The van der Waals surface area contributed by atoms with Crippen LogP contribution in [0.1, 0.15) is 23.5 Å². The summed E-state index contributed by atoms with van der Waals surface area (Å²) in [7, 11) is 3.50. The summed E-state index contributed by atoms with van der Waals surface area (Å²) in [6.45, 7) is 6.42. The molecule has 2 unspecified atom stereocenters. The predicted molar refractivity (Wildman–Crippen MR) is 135 cm³/mol. The highest BCUT2D eigenvalue weighted by atomic mass is 19.4. The van der Waals surface area contributed by atoms with E-state index in [9.17, 15) is 22.4 Å². The van der Waals surface area contributed by atoms with E-state index >= 15 is 0 Å². The number of amides is 1. The quantitative estimate of drug-likeness (QED) is 0.258. The molecule has 2 aliphatic rings. The van der Waals surface area contributed by atoms with E-state index in [4.69, 9.17) is 9.84 Å². The van der Waals surface area contributed by atoms with Crippen LogP contribution in [-0.2, 0) is 9.53 Å². The minimum atomic E-state index is -4.72. The first-order valence-electron chi connectivity index (χ1n) is 12.0. The number of aliphatic hydroxyl groups is 1. The Morgan fingerprint density at radius 2 is 1.82 bits per heavy atom. The topological polar surface area (TPSA) is 74.6 Å². The summed E-state index contributed by atoms with van der Waals surface area (Å²) in [5, 5.41) is 8.55. The fourth-order valence-electron chi connectivity index (χ4n) is 4.42. The van der Waals surface area contributed by atoms with Gasteiger partial charge in [0, 0.05) is 37.7 Å². The molecule has 2 aromatic carbocycles. The molecule has 0 aromatic heterocycles. The summed E-state index contributed by atoms with van der Waals surface area (Å²) < 4.78 is 60.2. The van der Waals surface area contributed by atoms with Crippen LogP contribution in [0.15, 0.2) is 60.1 Å². The second kappa shape index (κ2) is 12.9. The lowest BCUT2D eigenvalue weighted by atomic mass is 9.84. The standard InChI is InChI=1S/C23H24F4N2O2.C4H7NO2/c1-15(17-5-4-6-20(24)12-17)28-22(30-3)19-11-18(13-29(2)14-19)16-7-9-21(10-8-16)31-23(25,26)27;6-3-5-1-4(7)2-5/h4-10,12,18-19H,1,11,13-14H2,2-3H3;3-4,7H,1-2H2. The van der Waals surface area contributed by atoms with Crippen molar-refractivity contribution < 1.29 is 36.9 Å². The third-order valence-electron chi connectivity index (χ3n) is 6.22. The van der Waals surface area contributed by atoms with E-state index in [2.05, 4.69) is 21.2 Å². The van der Waals surface area contributed by atoms with E-state index in [0.29, 0.717) is 43.2 Å². The number of piperidine rings is 1. The van der Waals surface area contributed by atoms with Crippen LogP contribution in [0.2, 0.25) is 0 Å². The molecule has 1 amide bonds. The normalized spacial score (nSPS) is 20.6. The summed E-state index contributed by atoms with van der Waals surface area (Å²) in [6.07, 6.45) is -3.53. The van der Waals surface area contributed by atoms with Crippen LogP contribution >= 0.6 is 0 Å². The molecule has 0 aliphatic carbocycles. The number of nitrogens with zero attached hydrogens (tertiary/aromatic N) is 3. The van der Waals surface area contributed by atoms with Crippen molar-refractivity contribution in [1.29, 1.82) is 0 Å². The highest BCUT2D eigenvalue weighted by Gasteiger charge is 2.32. The number of ether oxygens (including phenoxy) is 2. The van der Waals surface area contributed by atoms with Crippen LogP contribution in [0.4, 0.5) is 17.6 Å². The lowest BCUT2D eigenvalue weighted by Gasteiger charge is -2.36. The Morgan fingerprint density at radius 1 is 1.13 bits per heavy atom. The van der Waals surface area contributed by atoms with Gasteiger partial charge < -0.3 is 24.4 Å². The number of halogens is 4. The third-order valence-corrected chi connectivity index (χ3v) is 6.22. The van der Waals surface area contributed by atoms with Gasteiger partial charge in [0.05, 0.1) is 18.9 Å². The van der Waals surface area contributed by atoms with Gasteiger partial charge in [0.25, 0.3) is 0 Å². The van der Waals surface area contributed by atoms with Gasteiger partial charge in [-0.2, -0.15) is 0 Å². The van der Waals surface area contributed by atoms with E-state index in [1.807, 2.05) is 7.05 Å². The number of carbonyl (C=O) groups excluding carboxylic acids is 1. The first kappa shape index (κ1) is 29.1. The first-order chi connectivity index (χ1) is 18.0. The molecule has 0 bridgehead atoms. The zero-order valence-electron chi connectivity index (χ0n) is 21.2. The van der Waals surface area contributed by atoms with Gasteiger partial charge in [0.1, 0.15) is 11.6 Å². The summed E-state index contributed by atoms with van der Waals surface area (Å²) in [5.41, 5.74) is 1.87. The second-order valence-electron chi connectivity index (χ2n) is 9.29. The summed E-state index contributed by atoms with van der Waals surface area (Å²) in [6, 6.07) is 12.0. The minimum absolute atomic E-state index is 0.0508. The second-order valence-corrected chi connectivity index (χ2v) is 9.29. The van der Waals surface area contributed by atoms with Gasteiger partial charge in [-0.3, -0.25) is 4.79 Å². The highest BCUT2D eigenvalue weighted by Crippen LogP contribution is 2.33. The lowest BCUT2D eigenvalue weighted by molar-refractivity contribution is -0.274. The number of methoxy groups -OCH3 is 1. The number of rotatable bonds is 6. The number of aliphatic imine (C=N–C) groups is 1. The van der Waals surface area contributed by atoms with Crippen molar-refractivity contribution >= 4 is 18.0 Å². The van der Waals surface area contributed by atoms with Crippen molar-refractivity contribution in [3.63, 3.8) is 0 Å². The molecule has 2 heterocycles. The molecule has 2 aliphatic heterocycles. The number of β-amino-alcohol motifs (C(OH)–C–C–N with tert-alkyl or cyclic N) is 1. The number of likely N-dealkylation sites (N-methyl/N-ethyl adjacent to an activating group) is 1. The predicted octanol–water partition coefficient (Wildman–Crippen LogP) is 4.29. The average molecular weight is 538 g/mol. The van der Waals surface area contributed by atoms with Gasteiger partial charge in [-0.15, -0.1) is 13.2 Å². The molecule has 2 atom stereocenters. The van der Waals surface area contributed by atoms with Crippen molar-refractivity contribution in [3.8, 4) is 5.75 Å². The average Bonchev–Trinajstić information content (AvgIpc) is 2.84. The van der Waals surface area contributed by atoms with Gasteiger partial charge in [-0.25, -0.2) is 9.38 Å². The van der Waals surface area contributed by atoms with Crippen molar-refractivity contribution in [2.75, 3.05) is 40.3 Å². The molecule has 7 nitrogen and oxygen atoms in total. The van der Waals surface area contributed by atoms with Crippen LogP contribution in [0, 0.1) is 11.7 Å². The van der Waals surface area contributed by atoms with Gasteiger partial charge in [-0.1, -0.05) is 30.8 Å². The monoisotopic (exact) mass is 537 g/mol. The first-order valence-corrected chi connectivity index (χ1v) is 12.0. The Bertz CT molecular complexity index is 1120. The number of benzene rings is 2. The van der Waals surface area contributed by atoms with E-state index in [1.54, 1.807) is 24.3 Å². The van der Waals surface area contributed by atoms with Crippen LogP contribution in [0.3, 0.4) is 0 Å². The Morgan fingerprint density at radius 3 is 2.34 bits per heavy atom. The molecule has 1 N–H and O–H groups in total. The Labute approximate surface area is 219 Å². The van der Waals surface area contributed by atoms with Crippen LogP contribution in [0.25, 0.3) is 5.70 Å². The largest absolute Gasteiger partial charge is 0.573 e. The molecule has 206 valence electrons. The molecule has 0 spiro atoms. The maximum absolute atomic E-state index is 13.5. The Hall–Kier alpha value is -3.44. The van der Waals surface area contributed by atoms with Crippen molar-refractivity contribution in [1.82, 2.24) is 9.80 Å². The zero-order chi connectivity index (χ0) is 27.9. The van der Waals surface area contributed by atoms with Gasteiger partial charge in [0.2, 0.25) is 6.41 Å². The summed E-state index contributed by atoms with van der Waals surface area (Å²) in [4.78, 5) is 17.9. The zero-order valence-corrected chi connectivity index (χ0v) is 21.2. The Kier molecular flexibility index (Phi) is 9.87. The lowest BCUT2D eigenvalue weighted by Crippen LogP contribution is -2.49. The summed E-state index contributed by atoms with van der Waals surface area (Å²) >= 11 is 0. The smallest absolute Gasteiger partial charge is 0.484 e. The van der Waals surface area contributed by atoms with Crippen LogP contribution in [0.5, 0.6) is 5.75 Å². The molecular formula is C27H31F4N3O4. The van der Waals surface area contributed by atoms with Crippen molar-refractivity contribution in [2.45, 2.75) is 24.8 Å². The number of hydrogen-bond donors (Lipinski definition) is 1. The third kappa shape index (κ3) is 8.56. The summed E-state index contributed by atoms with van der Waals surface area (Å²) in [5.74, 6) is -0.106. The fourth-order valence-corrected chi connectivity index (χ4v) is 4.42. The molecule has 2 aromatic rings. The molecule has 2 fully saturated rings. The van der Waals surface area contributed by atoms with Crippen molar-refractivity contribution in [3.05, 3.63) is 72.1 Å². The van der Waals surface area contributed by atoms with E-state index in [-0.39, 0.29) is 29.5 Å². The SMILES string of the molecule is C=C(N=C(OC)C1CC(c2ccc(OC(F)(F)F)cc2)CN(C)C1)c1cccc(F)c1.O=CN1CC(O)C1. The number of hydrogen-bond acceptors (Lipinski definition) is 6. The number of alkyl halides is 3. The minimum Gasteiger partial charge on any atom is -0.484 e. The Balaban J connectivity index is 0.000000494. The molecule has 4 rings (SSSR count). The molecule has 0 radical (unpaired) electrons. The maximum atomic E-state index is 13.5. The van der Waals surface area contributed by atoms with Gasteiger partial charge in [-0.05, 0) is 49.2 Å². The van der Waals surface area contributed by atoms with Crippen molar-refractivity contribution in [2.24, 2.45) is 10.9 Å². The number of aliphatic hydroxyl groups excluding tert-OH is 1. The fraction of sp³-hybridized carbons (Fsp3) is 0.407. The molecule has 0 saturated carbocycles. The van der Waals surface area contributed by atoms with Gasteiger partial charge in [0.15, 0.2) is 5.90 Å². The number of likely N-dealkylation sites (tertiary alicyclic amines) is 2. The van der Waals surface area contributed by atoms with E-state index in [1.165, 1.54) is 36.3 Å². The number of carbonyl (C=O) groups is 1. The van der Waals surface area contributed by atoms with Gasteiger partial charge >= 0.3 is 6.36 Å². The van der Waals surface area contributed by atoms with Crippen LogP contribution in [-0.4, -0.2) is 80.0 Å². The molecule has 38 heavy (non-hydrogen) atoms.